The molecule has 0 aromatic rings. The third kappa shape index (κ3) is 6.16. The number of nitrogens with one attached hydrogen (secondary N) is 1. The van der Waals surface area contributed by atoms with Gasteiger partial charge in [-0.2, -0.15) is 0 Å². The minimum absolute atomic E-state index is 0.594. The van der Waals surface area contributed by atoms with Crippen LogP contribution in [0.5, 0.6) is 0 Å². The molecule has 1 saturated heterocycles. The lowest BCUT2D eigenvalue weighted by Gasteiger charge is -2.12. The third-order valence-electron chi connectivity index (χ3n) is 3.24. The van der Waals surface area contributed by atoms with E-state index in [1.807, 2.05) is 0 Å². The van der Waals surface area contributed by atoms with E-state index >= 15 is 0 Å². The molecule has 0 bridgehead atoms. The topological polar surface area (TPSA) is 21.3 Å². The maximum absolute atomic E-state index is 5.61. The molecule has 0 radical (unpaired) electrons. The van der Waals surface area contributed by atoms with Gasteiger partial charge in [-0.25, -0.2) is 0 Å². The number of rotatable bonds is 8. The van der Waals surface area contributed by atoms with E-state index in [2.05, 4.69) is 19.2 Å². The molecule has 1 fully saturated rings. The SMILES string of the molecule is CCNC(C)CCCCCC1CCCO1. The van der Waals surface area contributed by atoms with Gasteiger partial charge in [-0.1, -0.05) is 26.2 Å². The van der Waals surface area contributed by atoms with Crippen LogP contribution in [0, 0.1) is 0 Å². The van der Waals surface area contributed by atoms with Crippen LogP contribution in [-0.4, -0.2) is 25.3 Å². The molecule has 2 heteroatoms. The molecule has 0 aliphatic carbocycles. The van der Waals surface area contributed by atoms with E-state index in [9.17, 15) is 0 Å². The van der Waals surface area contributed by atoms with Gasteiger partial charge in [-0.15, -0.1) is 0 Å². The van der Waals surface area contributed by atoms with E-state index in [-0.39, 0.29) is 0 Å². The highest BCUT2D eigenvalue weighted by atomic mass is 16.5. The van der Waals surface area contributed by atoms with Crippen LogP contribution in [0.25, 0.3) is 0 Å². The molecule has 0 spiro atoms. The summed E-state index contributed by atoms with van der Waals surface area (Å²) in [5, 5.41) is 3.45. The average molecular weight is 213 g/mol. The lowest BCUT2D eigenvalue weighted by molar-refractivity contribution is 0.102. The third-order valence-corrected chi connectivity index (χ3v) is 3.24. The fraction of sp³-hybridized carbons (Fsp3) is 1.00. The smallest absolute Gasteiger partial charge is 0.0576 e. The first-order valence-electron chi connectivity index (χ1n) is 6.68. The molecule has 0 amide bonds. The van der Waals surface area contributed by atoms with E-state index in [4.69, 9.17) is 4.74 Å². The van der Waals surface area contributed by atoms with Gasteiger partial charge in [0.2, 0.25) is 0 Å². The number of hydrogen-bond acceptors (Lipinski definition) is 2. The van der Waals surface area contributed by atoms with Gasteiger partial charge in [0.1, 0.15) is 0 Å². The predicted molar refractivity (Wildman–Crippen MR) is 65.2 cm³/mol. The maximum Gasteiger partial charge on any atom is 0.0576 e. The average Bonchev–Trinajstić information content (AvgIpc) is 2.70. The van der Waals surface area contributed by atoms with E-state index in [0.29, 0.717) is 12.1 Å². The van der Waals surface area contributed by atoms with E-state index in [1.54, 1.807) is 0 Å². The Morgan fingerprint density at radius 1 is 1.33 bits per heavy atom. The van der Waals surface area contributed by atoms with Crippen molar-refractivity contribution < 1.29 is 4.74 Å². The minimum Gasteiger partial charge on any atom is -0.378 e. The first-order valence-corrected chi connectivity index (χ1v) is 6.68. The zero-order valence-corrected chi connectivity index (χ0v) is 10.4. The van der Waals surface area contributed by atoms with Gasteiger partial charge in [-0.05, 0) is 39.2 Å². The zero-order valence-electron chi connectivity index (χ0n) is 10.4. The van der Waals surface area contributed by atoms with Crippen LogP contribution in [0.3, 0.4) is 0 Å². The van der Waals surface area contributed by atoms with Gasteiger partial charge in [0.15, 0.2) is 0 Å². The highest BCUT2D eigenvalue weighted by molar-refractivity contribution is 4.65. The van der Waals surface area contributed by atoms with Crippen LogP contribution < -0.4 is 5.32 Å². The molecular weight excluding hydrogens is 186 g/mol. The second kappa shape index (κ2) is 8.12. The molecule has 2 nitrogen and oxygen atoms in total. The Hall–Kier alpha value is -0.0800. The van der Waals surface area contributed by atoms with Gasteiger partial charge >= 0.3 is 0 Å². The van der Waals surface area contributed by atoms with Gasteiger partial charge in [0, 0.05) is 12.6 Å². The maximum atomic E-state index is 5.61. The summed E-state index contributed by atoms with van der Waals surface area (Å²) in [4.78, 5) is 0. The Labute approximate surface area is 94.8 Å². The summed E-state index contributed by atoms with van der Waals surface area (Å²) in [5.41, 5.74) is 0. The summed E-state index contributed by atoms with van der Waals surface area (Å²) in [5.74, 6) is 0. The molecule has 0 aromatic carbocycles. The Balaban J connectivity index is 1.84. The van der Waals surface area contributed by atoms with Crippen LogP contribution in [0.1, 0.15) is 58.8 Å². The largest absolute Gasteiger partial charge is 0.378 e. The molecule has 90 valence electrons. The second-order valence-corrected chi connectivity index (χ2v) is 4.73. The summed E-state index contributed by atoms with van der Waals surface area (Å²) in [7, 11) is 0. The Bertz CT molecular complexity index is 143. The monoisotopic (exact) mass is 213 g/mol. The molecule has 1 aliphatic rings. The fourth-order valence-electron chi connectivity index (χ4n) is 2.32. The van der Waals surface area contributed by atoms with Crippen molar-refractivity contribution in [2.45, 2.75) is 70.9 Å². The lowest BCUT2D eigenvalue weighted by atomic mass is 10.0. The summed E-state index contributed by atoms with van der Waals surface area (Å²) < 4.78 is 5.61. The summed E-state index contributed by atoms with van der Waals surface area (Å²) in [6.45, 7) is 6.55. The number of unbranched alkanes of at least 4 members (excludes halogenated alkanes) is 2. The fourth-order valence-corrected chi connectivity index (χ4v) is 2.32. The lowest BCUT2D eigenvalue weighted by Crippen LogP contribution is -2.25. The molecule has 1 aliphatic heterocycles. The molecule has 1 N–H and O–H groups in total. The molecule has 2 unspecified atom stereocenters. The molecule has 2 atom stereocenters. The van der Waals surface area contributed by atoms with Crippen LogP contribution in [-0.2, 0) is 4.74 Å². The van der Waals surface area contributed by atoms with Crippen molar-refractivity contribution in [3.05, 3.63) is 0 Å². The predicted octanol–water partition coefficient (Wildman–Crippen LogP) is 3.11. The molecule has 0 saturated carbocycles. The summed E-state index contributed by atoms with van der Waals surface area (Å²) >= 11 is 0. The molecule has 1 heterocycles. The van der Waals surface area contributed by atoms with Crippen molar-refractivity contribution in [2.75, 3.05) is 13.2 Å². The van der Waals surface area contributed by atoms with Crippen molar-refractivity contribution in [1.29, 1.82) is 0 Å². The molecular formula is C13H27NO. The minimum atomic E-state index is 0.594. The van der Waals surface area contributed by atoms with Crippen molar-refractivity contribution in [3.8, 4) is 0 Å². The van der Waals surface area contributed by atoms with Crippen LogP contribution in [0.4, 0.5) is 0 Å². The van der Waals surface area contributed by atoms with E-state index in [1.165, 1.54) is 44.9 Å². The van der Waals surface area contributed by atoms with E-state index in [0.717, 1.165) is 13.2 Å². The van der Waals surface area contributed by atoms with Crippen molar-refractivity contribution in [3.63, 3.8) is 0 Å². The van der Waals surface area contributed by atoms with Gasteiger partial charge in [0.05, 0.1) is 6.10 Å². The van der Waals surface area contributed by atoms with Gasteiger partial charge in [0.25, 0.3) is 0 Å². The number of hydrogen-bond donors (Lipinski definition) is 1. The summed E-state index contributed by atoms with van der Waals surface area (Å²) in [6.07, 6.45) is 9.86. The standard InChI is InChI=1S/C13H27NO/c1-3-14-12(2)8-5-4-6-9-13-10-7-11-15-13/h12-14H,3-11H2,1-2H3. The highest BCUT2D eigenvalue weighted by Crippen LogP contribution is 2.18. The first kappa shape index (κ1) is 13.0. The van der Waals surface area contributed by atoms with Crippen LogP contribution in [0.15, 0.2) is 0 Å². The number of ether oxygens (including phenoxy) is 1. The van der Waals surface area contributed by atoms with Crippen LogP contribution in [0.2, 0.25) is 0 Å². The molecule has 0 aromatic heterocycles. The normalized spacial score (nSPS) is 23.2. The van der Waals surface area contributed by atoms with Gasteiger partial charge < -0.3 is 10.1 Å². The first-order chi connectivity index (χ1) is 7.33. The van der Waals surface area contributed by atoms with Crippen molar-refractivity contribution in [2.24, 2.45) is 0 Å². The van der Waals surface area contributed by atoms with Crippen molar-refractivity contribution >= 4 is 0 Å². The molecule has 15 heavy (non-hydrogen) atoms. The Morgan fingerprint density at radius 2 is 2.20 bits per heavy atom. The van der Waals surface area contributed by atoms with E-state index < -0.39 is 0 Å². The molecule has 1 rings (SSSR count). The van der Waals surface area contributed by atoms with Gasteiger partial charge in [-0.3, -0.25) is 0 Å². The Kier molecular flexibility index (Phi) is 7.03. The second-order valence-electron chi connectivity index (χ2n) is 4.73. The van der Waals surface area contributed by atoms with Crippen LogP contribution >= 0.6 is 0 Å². The quantitative estimate of drug-likeness (QED) is 0.626. The Morgan fingerprint density at radius 3 is 2.87 bits per heavy atom. The summed E-state index contributed by atoms with van der Waals surface area (Å²) in [6, 6.07) is 0.692. The van der Waals surface area contributed by atoms with Crippen molar-refractivity contribution in [1.82, 2.24) is 5.32 Å². The zero-order chi connectivity index (χ0) is 10.9. The highest BCUT2D eigenvalue weighted by Gasteiger charge is 2.14.